The molecule has 0 bridgehead atoms. The van der Waals surface area contributed by atoms with Gasteiger partial charge < -0.3 is 10.1 Å². The van der Waals surface area contributed by atoms with Gasteiger partial charge in [0.2, 0.25) is 0 Å². The van der Waals surface area contributed by atoms with E-state index in [2.05, 4.69) is 41.2 Å². The van der Waals surface area contributed by atoms with E-state index in [1.54, 1.807) is 0 Å². The number of halogens is 2. The zero-order valence-corrected chi connectivity index (χ0v) is 12.3. The van der Waals surface area contributed by atoms with Crippen LogP contribution in [0.5, 0.6) is 5.75 Å². The van der Waals surface area contributed by atoms with E-state index < -0.39 is 0 Å². The minimum Gasteiger partial charge on any atom is -0.494 e. The van der Waals surface area contributed by atoms with Gasteiger partial charge in [-0.3, -0.25) is 0 Å². The fourth-order valence-corrected chi connectivity index (χ4v) is 1.71. The fraction of sp³-hybridized carbons (Fsp3) is 0.500. The predicted octanol–water partition coefficient (Wildman–Crippen LogP) is 3.77. The maximum absolute atomic E-state index is 5.56. The summed E-state index contributed by atoms with van der Waals surface area (Å²) >= 11 is 3.47. The molecule has 0 radical (unpaired) electrons. The molecule has 0 fully saturated rings. The molecule has 0 saturated heterocycles. The van der Waals surface area contributed by atoms with Gasteiger partial charge in [-0.2, -0.15) is 0 Å². The Morgan fingerprint density at radius 3 is 2.62 bits per heavy atom. The highest BCUT2D eigenvalue weighted by Gasteiger charge is 2.04. The maximum atomic E-state index is 5.56. The van der Waals surface area contributed by atoms with Gasteiger partial charge in [-0.1, -0.05) is 29.8 Å². The van der Waals surface area contributed by atoms with Crippen LogP contribution < -0.4 is 10.1 Å². The van der Waals surface area contributed by atoms with Crippen molar-refractivity contribution < 1.29 is 4.74 Å². The average molecular weight is 309 g/mol. The van der Waals surface area contributed by atoms with Crippen LogP contribution >= 0.6 is 28.3 Å². The monoisotopic (exact) mass is 307 g/mol. The van der Waals surface area contributed by atoms with E-state index in [0.717, 1.165) is 16.8 Å². The lowest BCUT2D eigenvalue weighted by Gasteiger charge is -2.13. The molecule has 0 atom stereocenters. The fourth-order valence-electron chi connectivity index (χ4n) is 1.30. The first-order valence-electron chi connectivity index (χ1n) is 5.28. The van der Waals surface area contributed by atoms with Gasteiger partial charge in [0.25, 0.3) is 0 Å². The Bertz CT molecular complexity index is 318. The third kappa shape index (κ3) is 5.19. The molecule has 0 aliphatic carbocycles. The SMILES string of the molecule is CCOc1ccc(Br)cc1CNC(C)C.Cl. The second kappa shape index (κ2) is 7.93. The Labute approximate surface area is 112 Å². The van der Waals surface area contributed by atoms with Crippen molar-refractivity contribution in [2.75, 3.05) is 6.61 Å². The quantitative estimate of drug-likeness (QED) is 0.894. The third-order valence-corrected chi connectivity index (χ3v) is 2.52. The molecule has 0 aliphatic rings. The van der Waals surface area contributed by atoms with Crippen LogP contribution in [0.25, 0.3) is 0 Å². The summed E-state index contributed by atoms with van der Waals surface area (Å²) in [6, 6.07) is 6.59. The molecule has 4 heteroatoms. The summed E-state index contributed by atoms with van der Waals surface area (Å²) in [4.78, 5) is 0. The van der Waals surface area contributed by atoms with Crippen LogP contribution in [-0.4, -0.2) is 12.6 Å². The van der Waals surface area contributed by atoms with E-state index in [0.29, 0.717) is 12.6 Å². The lowest BCUT2D eigenvalue weighted by Crippen LogP contribution is -2.22. The average Bonchev–Trinajstić information content (AvgIpc) is 2.18. The molecule has 16 heavy (non-hydrogen) atoms. The predicted molar refractivity (Wildman–Crippen MR) is 74.5 cm³/mol. The van der Waals surface area contributed by atoms with Gasteiger partial charge in [0.15, 0.2) is 0 Å². The lowest BCUT2D eigenvalue weighted by atomic mass is 10.2. The molecule has 1 aromatic rings. The van der Waals surface area contributed by atoms with Gasteiger partial charge in [-0.15, -0.1) is 12.4 Å². The highest BCUT2D eigenvalue weighted by atomic mass is 79.9. The van der Waals surface area contributed by atoms with Crippen molar-refractivity contribution in [3.63, 3.8) is 0 Å². The smallest absolute Gasteiger partial charge is 0.123 e. The van der Waals surface area contributed by atoms with Crippen molar-refractivity contribution in [1.29, 1.82) is 0 Å². The Morgan fingerprint density at radius 1 is 1.38 bits per heavy atom. The molecule has 0 aliphatic heterocycles. The van der Waals surface area contributed by atoms with E-state index >= 15 is 0 Å². The highest BCUT2D eigenvalue weighted by molar-refractivity contribution is 9.10. The van der Waals surface area contributed by atoms with Crippen molar-refractivity contribution in [3.8, 4) is 5.75 Å². The Kier molecular flexibility index (Phi) is 7.81. The molecular weight excluding hydrogens is 289 g/mol. The summed E-state index contributed by atoms with van der Waals surface area (Å²) in [7, 11) is 0. The Morgan fingerprint density at radius 2 is 2.06 bits per heavy atom. The standard InChI is InChI=1S/C12H18BrNO.ClH/c1-4-15-12-6-5-11(13)7-10(12)8-14-9(2)3;/h5-7,9,14H,4,8H2,1-3H3;1H. The summed E-state index contributed by atoms with van der Waals surface area (Å²) in [5.74, 6) is 0.967. The van der Waals surface area contributed by atoms with Crippen LogP contribution in [0, 0.1) is 0 Å². The molecule has 0 amide bonds. The van der Waals surface area contributed by atoms with Gasteiger partial charge in [-0.25, -0.2) is 0 Å². The summed E-state index contributed by atoms with van der Waals surface area (Å²) in [6.45, 7) is 7.82. The summed E-state index contributed by atoms with van der Waals surface area (Å²) < 4.78 is 6.65. The van der Waals surface area contributed by atoms with Crippen LogP contribution in [0.1, 0.15) is 26.3 Å². The van der Waals surface area contributed by atoms with Gasteiger partial charge in [-0.05, 0) is 25.1 Å². The van der Waals surface area contributed by atoms with Crippen LogP contribution in [0.2, 0.25) is 0 Å². The van der Waals surface area contributed by atoms with Crippen molar-refractivity contribution >= 4 is 28.3 Å². The highest BCUT2D eigenvalue weighted by Crippen LogP contribution is 2.23. The summed E-state index contributed by atoms with van der Waals surface area (Å²) in [6.07, 6.45) is 0. The van der Waals surface area contributed by atoms with Crippen LogP contribution in [0.15, 0.2) is 22.7 Å². The number of ether oxygens (including phenoxy) is 1. The molecule has 1 N–H and O–H groups in total. The van der Waals surface area contributed by atoms with E-state index in [9.17, 15) is 0 Å². The molecule has 0 spiro atoms. The van der Waals surface area contributed by atoms with Gasteiger partial charge in [0, 0.05) is 22.6 Å². The molecule has 0 saturated carbocycles. The first-order chi connectivity index (χ1) is 7.13. The molecular formula is C12H19BrClNO. The normalized spacial score (nSPS) is 10.1. The number of hydrogen-bond acceptors (Lipinski definition) is 2. The lowest BCUT2D eigenvalue weighted by molar-refractivity contribution is 0.335. The Hall–Kier alpha value is -0.250. The summed E-state index contributed by atoms with van der Waals surface area (Å²) in [5, 5.41) is 3.39. The molecule has 0 heterocycles. The largest absolute Gasteiger partial charge is 0.494 e. The maximum Gasteiger partial charge on any atom is 0.123 e. The molecule has 0 unspecified atom stereocenters. The second-order valence-corrected chi connectivity index (χ2v) is 4.64. The minimum absolute atomic E-state index is 0. The van der Waals surface area contributed by atoms with Crippen LogP contribution in [0.4, 0.5) is 0 Å². The number of nitrogens with one attached hydrogen (secondary N) is 1. The molecule has 1 rings (SSSR count). The molecule has 0 aromatic heterocycles. The van der Waals surface area contributed by atoms with Crippen molar-refractivity contribution in [2.24, 2.45) is 0 Å². The molecule has 2 nitrogen and oxygen atoms in total. The van der Waals surface area contributed by atoms with Gasteiger partial charge >= 0.3 is 0 Å². The van der Waals surface area contributed by atoms with E-state index in [-0.39, 0.29) is 12.4 Å². The second-order valence-electron chi connectivity index (χ2n) is 3.72. The van der Waals surface area contributed by atoms with Crippen LogP contribution in [-0.2, 0) is 6.54 Å². The number of benzene rings is 1. The van der Waals surface area contributed by atoms with Crippen molar-refractivity contribution in [2.45, 2.75) is 33.4 Å². The third-order valence-electron chi connectivity index (χ3n) is 2.02. The zero-order chi connectivity index (χ0) is 11.3. The summed E-state index contributed by atoms with van der Waals surface area (Å²) in [5.41, 5.74) is 1.19. The molecule has 1 aromatic carbocycles. The number of hydrogen-bond donors (Lipinski definition) is 1. The zero-order valence-electron chi connectivity index (χ0n) is 9.92. The van der Waals surface area contributed by atoms with E-state index in [4.69, 9.17) is 4.74 Å². The van der Waals surface area contributed by atoms with Crippen molar-refractivity contribution in [1.82, 2.24) is 5.32 Å². The topological polar surface area (TPSA) is 21.3 Å². The molecule has 92 valence electrons. The van der Waals surface area contributed by atoms with E-state index in [1.807, 2.05) is 19.1 Å². The van der Waals surface area contributed by atoms with Gasteiger partial charge in [0.05, 0.1) is 6.61 Å². The van der Waals surface area contributed by atoms with Crippen molar-refractivity contribution in [3.05, 3.63) is 28.2 Å². The first-order valence-corrected chi connectivity index (χ1v) is 6.07. The van der Waals surface area contributed by atoms with E-state index in [1.165, 1.54) is 5.56 Å². The first kappa shape index (κ1) is 15.8. The van der Waals surface area contributed by atoms with Crippen LogP contribution in [0.3, 0.4) is 0 Å². The Balaban J connectivity index is 0.00000225. The minimum atomic E-state index is 0. The van der Waals surface area contributed by atoms with Gasteiger partial charge in [0.1, 0.15) is 5.75 Å². The number of rotatable bonds is 5.